The summed E-state index contributed by atoms with van der Waals surface area (Å²) < 4.78 is 0. The van der Waals surface area contributed by atoms with Gasteiger partial charge in [-0.15, -0.1) is 0 Å². The largest absolute Gasteiger partial charge is 0.365 e. The van der Waals surface area contributed by atoms with Crippen LogP contribution in [0.1, 0.15) is 58.3 Å². The van der Waals surface area contributed by atoms with E-state index < -0.39 is 17.8 Å². The first kappa shape index (κ1) is 20.5. The molecule has 29 heavy (non-hydrogen) atoms. The highest BCUT2D eigenvalue weighted by Gasteiger charge is 2.39. The number of rotatable bonds is 4. The Bertz CT molecular complexity index is 991. The fraction of sp³-hybridized carbons (Fsp3) is 0.238. The molecule has 0 saturated heterocycles. The van der Waals surface area contributed by atoms with Gasteiger partial charge in [0.15, 0.2) is 0 Å². The van der Waals surface area contributed by atoms with Crippen molar-refractivity contribution in [1.82, 2.24) is 5.06 Å². The van der Waals surface area contributed by atoms with E-state index in [0.29, 0.717) is 10.8 Å². The van der Waals surface area contributed by atoms with Gasteiger partial charge < -0.3 is 10.2 Å². The number of carbonyl (C=O) groups excluding carboxylic acids is 4. The van der Waals surface area contributed by atoms with E-state index in [9.17, 15) is 19.2 Å². The molecule has 150 valence electrons. The fourth-order valence-corrected chi connectivity index (χ4v) is 3.02. The highest BCUT2D eigenvalue weighted by molar-refractivity contribution is 6.33. The third-order valence-electron chi connectivity index (χ3n) is 4.09. The Labute approximate surface area is 172 Å². The molecule has 0 aliphatic carbocycles. The molecule has 0 spiro atoms. The smallest absolute Gasteiger partial charge is 0.326 e. The van der Waals surface area contributed by atoms with E-state index in [2.05, 4.69) is 5.32 Å². The standard InChI is InChI=1S/C21H19ClN2O5/c1-21(2,3)11-17(25)23-12-8-9-16(22)15(10-12)20(28)29-24-18(26)13-6-4-5-7-14(13)19(24)27/h4-10H,11H2,1-3H3,(H,23,25). The van der Waals surface area contributed by atoms with E-state index in [1.807, 2.05) is 20.8 Å². The lowest BCUT2D eigenvalue weighted by atomic mass is 9.92. The highest BCUT2D eigenvalue weighted by Crippen LogP contribution is 2.27. The van der Waals surface area contributed by atoms with Crippen molar-refractivity contribution >= 4 is 41.0 Å². The molecule has 1 aliphatic rings. The van der Waals surface area contributed by atoms with Crippen LogP contribution in [0.4, 0.5) is 5.69 Å². The maximum Gasteiger partial charge on any atom is 0.365 e. The van der Waals surface area contributed by atoms with E-state index in [4.69, 9.17) is 16.4 Å². The van der Waals surface area contributed by atoms with Gasteiger partial charge in [0.25, 0.3) is 11.8 Å². The molecule has 8 heteroatoms. The summed E-state index contributed by atoms with van der Waals surface area (Å²) in [7, 11) is 0. The molecule has 1 N–H and O–H groups in total. The third kappa shape index (κ3) is 4.46. The van der Waals surface area contributed by atoms with E-state index in [1.54, 1.807) is 18.2 Å². The van der Waals surface area contributed by atoms with Gasteiger partial charge in [-0.3, -0.25) is 14.4 Å². The molecule has 2 aromatic carbocycles. The van der Waals surface area contributed by atoms with E-state index in [0.717, 1.165) is 0 Å². The minimum absolute atomic E-state index is 0.0560. The minimum atomic E-state index is -0.989. The van der Waals surface area contributed by atoms with Crippen LogP contribution < -0.4 is 5.32 Å². The van der Waals surface area contributed by atoms with Crippen LogP contribution in [0, 0.1) is 5.41 Å². The number of carbonyl (C=O) groups is 4. The predicted octanol–water partition coefficient (Wildman–Crippen LogP) is 4.08. The average molecular weight is 415 g/mol. The van der Waals surface area contributed by atoms with Crippen molar-refractivity contribution < 1.29 is 24.0 Å². The predicted molar refractivity (Wildman–Crippen MR) is 107 cm³/mol. The lowest BCUT2D eigenvalue weighted by molar-refractivity contribution is -0.117. The van der Waals surface area contributed by atoms with Gasteiger partial charge in [0, 0.05) is 12.1 Å². The van der Waals surface area contributed by atoms with Crippen LogP contribution >= 0.6 is 11.6 Å². The van der Waals surface area contributed by atoms with Gasteiger partial charge in [-0.25, -0.2) is 4.79 Å². The van der Waals surface area contributed by atoms with Crippen LogP contribution in [-0.2, 0) is 9.63 Å². The maximum absolute atomic E-state index is 12.6. The Morgan fingerprint density at radius 1 is 1.03 bits per heavy atom. The van der Waals surface area contributed by atoms with Crippen molar-refractivity contribution in [2.24, 2.45) is 5.41 Å². The van der Waals surface area contributed by atoms with Crippen molar-refractivity contribution in [3.8, 4) is 0 Å². The molecule has 0 fully saturated rings. The zero-order chi connectivity index (χ0) is 21.3. The SMILES string of the molecule is CC(C)(C)CC(=O)Nc1ccc(Cl)c(C(=O)ON2C(=O)c3ccccc3C2=O)c1. The second-order valence-electron chi connectivity index (χ2n) is 7.81. The van der Waals surface area contributed by atoms with Gasteiger partial charge in [-0.2, -0.15) is 0 Å². The van der Waals surface area contributed by atoms with Gasteiger partial charge in [-0.05, 0) is 35.7 Å². The monoisotopic (exact) mass is 414 g/mol. The quantitative estimate of drug-likeness (QED) is 0.761. The highest BCUT2D eigenvalue weighted by atomic mass is 35.5. The lowest BCUT2D eigenvalue weighted by Gasteiger charge is -2.18. The number of benzene rings is 2. The first-order valence-electron chi connectivity index (χ1n) is 8.86. The first-order valence-corrected chi connectivity index (χ1v) is 9.24. The van der Waals surface area contributed by atoms with Crippen LogP contribution in [0.5, 0.6) is 0 Å². The molecule has 3 rings (SSSR count). The summed E-state index contributed by atoms with van der Waals surface area (Å²) in [5.41, 5.74) is 0.359. The number of nitrogens with zero attached hydrogens (tertiary/aromatic N) is 1. The molecule has 3 amide bonds. The van der Waals surface area contributed by atoms with Crippen molar-refractivity contribution in [3.05, 3.63) is 64.2 Å². The number of hydrogen-bond donors (Lipinski definition) is 1. The number of anilines is 1. The second kappa shape index (κ2) is 7.67. The zero-order valence-corrected chi connectivity index (χ0v) is 16.9. The molecule has 0 saturated carbocycles. The van der Waals surface area contributed by atoms with Crippen molar-refractivity contribution in [1.29, 1.82) is 0 Å². The Morgan fingerprint density at radius 2 is 1.62 bits per heavy atom. The van der Waals surface area contributed by atoms with Crippen LogP contribution in [-0.4, -0.2) is 28.8 Å². The van der Waals surface area contributed by atoms with Crippen molar-refractivity contribution in [2.45, 2.75) is 27.2 Å². The normalized spacial score (nSPS) is 13.3. The van der Waals surface area contributed by atoms with E-state index in [-0.39, 0.29) is 39.5 Å². The maximum atomic E-state index is 12.6. The molecule has 2 aromatic rings. The molecule has 7 nitrogen and oxygen atoms in total. The molecule has 0 radical (unpaired) electrons. The Morgan fingerprint density at radius 3 is 2.17 bits per heavy atom. The van der Waals surface area contributed by atoms with Gasteiger partial charge in [0.2, 0.25) is 5.91 Å². The summed E-state index contributed by atoms with van der Waals surface area (Å²) in [6.45, 7) is 5.79. The Kier molecular flexibility index (Phi) is 5.44. The minimum Gasteiger partial charge on any atom is -0.326 e. The van der Waals surface area contributed by atoms with Gasteiger partial charge in [0.05, 0.1) is 21.7 Å². The average Bonchev–Trinajstić information content (AvgIpc) is 2.87. The number of fused-ring (bicyclic) bond motifs is 1. The Balaban J connectivity index is 1.77. The van der Waals surface area contributed by atoms with E-state index >= 15 is 0 Å². The van der Waals surface area contributed by atoms with Gasteiger partial charge >= 0.3 is 5.97 Å². The summed E-state index contributed by atoms with van der Waals surface area (Å²) in [4.78, 5) is 54.4. The summed E-state index contributed by atoms with van der Waals surface area (Å²) in [6.07, 6.45) is 0.282. The lowest BCUT2D eigenvalue weighted by Crippen LogP contribution is -2.32. The van der Waals surface area contributed by atoms with Crippen LogP contribution in [0.15, 0.2) is 42.5 Å². The molecule has 0 unspecified atom stereocenters. The summed E-state index contributed by atoms with van der Waals surface area (Å²) in [6, 6.07) is 10.5. The number of nitrogens with one attached hydrogen (secondary N) is 1. The van der Waals surface area contributed by atoms with E-state index in [1.165, 1.54) is 24.3 Å². The molecular weight excluding hydrogens is 396 g/mol. The number of halogens is 1. The zero-order valence-electron chi connectivity index (χ0n) is 16.1. The Hall–Kier alpha value is -3.19. The number of hydrogen-bond acceptors (Lipinski definition) is 5. The molecule has 0 bridgehead atoms. The van der Waals surface area contributed by atoms with Crippen LogP contribution in [0.25, 0.3) is 0 Å². The number of imide groups is 1. The van der Waals surface area contributed by atoms with Crippen molar-refractivity contribution in [3.63, 3.8) is 0 Å². The van der Waals surface area contributed by atoms with Gasteiger partial charge in [0.1, 0.15) is 0 Å². The van der Waals surface area contributed by atoms with Crippen molar-refractivity contribution in [2.75, 3.05) is 5.32 Å². The van der Waals surface area contributed by atoms with Crippen LogP contribution in [0.2, 0.25) is 5.02 Å². The summed E-state index contributed by atoms with van der Waals surface area (Å²) >= 11 is 6.08. The number of hydroxylamine groups is 2. The molecule has 0 aromatic heterocycles. The second-order valence-corrected chi connectivity index (χ2v) is 8.22. The molecular formula is C21H19ClN2O5. The molecule has 1 heterocycles. The molecule has 0 atom stereocenters. The number of amides is 3. The molecule has 1 aliphatic heterocycles. The topological polar surface area (TPSA) is 92.8 Å². The van der Waals surface area contributed by atoms with Crippen LogP contribution in [0.3, 0.4) is 0 Å². The summed E-state index contributed by atoms with van der Waals surface area (Å²) in [5, 5.41) is 3.16. The summed E-state index contributed by atoms with van der Waals surface area (Å²) in [5.74, 6) is -2.68. The van der Waals surface area contributed by atoms with Gasteiger partial charge in [-0.1, -0.05) is 49.6 Å². The first-order chi connectivity index (χ1) is 13.6. The third-order valence-corrected chi connectivity index (χ3v) is 4.42. The fourth-order valence-electron chi connectivity index (χ4n) is 2.83.